The molecule has 1 aromatic rings. The van der Waals surface area contributed by atoms with E-state index in [4.69, 9.17) is 4.55 Å². The van der Waals surface area contributed by atoms with Gasteiger partial charge in [0.15, 0.2) is 0 Å². The number of nitrogens with zero attached hydrogens (tertiary/aromatic N) is 1. The molecule has 0 aliphatic carbocycles. The summed E-state index contributed by atoms with van der Waals surface area (Å²) in [5, 5.41) is 0. The third-order valence-corrected chi connectivity index (χ3v) is 4.55. The Morgan fingerprint density at radius 1 is 1.56 bits per heavy atom. The second kappa shape index (κ2) is 5.92. The Balaban J connectivity index is 1.82. The lowest BCUT2D eigenvalue weighted by Crippen LogP contribution is -2.11. The van der Waals surface area contributed by atoms with Crippen molar-refractivity contribution in [3.63, 3.8) is 0 Å². The standard InChI is InChI=1S/C9H11NO3S3/c11-16(12)13-5-6-15-10-7-14-9-4-2-1-3-8(9)10/h1-4H,5-7H2,(H,11,12). The molecule has 0 saturated heterocycles. The van der Waals surface area contributed by atoms with Crippen LogP contribution in [-0.2, 0) is 15.5 Å². The van der Waals surface area contributed by atoms with Crippen LogP contribution >= 0.6 is 23.7 Å². The molecule has 1 aromatic carbocycles. The molecular formula is C9H11NO3S3. The Morgan fingerprint density at radius 2 is 2.38 bits per heavy atom. The first-order chi connectivity index (χ1) is 7.77. The van der Waals surface area contributed by atoms with Gasteiger partial charge < -0.3 is 4.31 Å². The first-order valence-electron chi connectivity index (χ1n) is 4.64. The lowest BCUT2D eigenvalue weighted by Gasteiger charge is -2.16. The highest BCUT2D eigenvalue weighted by atomic mass is 32.2. The zero-order valence-corrected chi connectivity index (χ0v) is 10.8. The van der Waals surface area contributed by atoms with Crippen LogP contribution in [0.5, 0.6) is 0 Å². The molecule has 0 spiro atoms. The van der Waals surface area contributed by atoms with E-state index in [-0.39, 0.29) is 6.61 Å². The van der Waals surface area contributed by atoms with Crippen LogP contribution < -0.4 is 4.31 Å². The van der Waals surface area contributed by atoms with Gasteiger partial charge in [0.1, 0.15) is 0 Å². The van der Waals surface area contributed by atoms with Crippen molar-refractivity contribution in [1.82, 2.24) is 0 Å². The summed E-state index contributed by atoms with van der Waals surface area (Å²) in [7, 11) is 0. The maximum atomic E-state index is 10.3. The summed E-state index contributed by atoms with van der Waals surface area (Å²) in [4.78, 5) is 1.28. The third-order valence-electron chi connectivity index (χ3n) is 1.99. The summed E-state index contributed by atoms with van der Waals surface area (Å²) in [6, 6.07) is 8.21. The minimum atomic E-state index is -2.15. The molecule has 1 unspecified atom stereocenters. The van der Waals surface area contributed by atoms with Gasteiger partial charge in [0.05, 0.1) is 18.2 Å². The van der Waals surface area contributed by atoms with Crippen LogP contribution in [0.25, 0.3) is 0 Å². The molecular weight excluding hydrogens is 266 g/mol. The van der Waals surface area contributed by atoms with E-state index in [1.807, 2.05) is 12.1 Å². The molecule has 0 fully saturated rings. The lowest BCUT2D eigenvalue weighted by atomic mass is 10.3. The number of fused-ring (bicyclic) bond motifs is 1. The maximum Gasteiger partial charge on any atom is 0.301 e. The molecule has 0 aromatic heterocycles. The van der Waals surface area contributed by atoms with Crippen molar-refractivity contribution in [3.05, 3.63) is 24.3 Å². The topological polar surface area (TPSA) is 49.8 Å². The van der Waals surface area contributed by atoms with Crippen molar-refractivity contribution in [2.45, 2.75) is 4.90 Å². The van der Waals surface area contributed by atoms with Crippen LogP contribution in [-0.4, -0.2) is 27.0 Å². The Labute approximate surface area is 105 Å². The highest BCUT2D eigenvalue weighted by molar-refractivity contribution is 8.04. The fraction of sp³-hybridized carbons (Fsp3) is 0.333. The van der Waals surface area contributed by atoms with Crippen LogP contribution in [0.1, 0.15) is 0 Å². The molecule has 1 heterocycles. The first kappa shape index (κ1) is 12.3. The van der Waals surface area contributed by atoms with Gasteiger partial charge in [-0.15, -0.1) is 11.8 Å². The molecule has 1 aliphatic heterocycles. The van der Waals surface area contributed by atoms with Crippen molar-refractivity contribution in [3.8, 4) is 0 Å². The zero-order chi connectivity index (χ0) is 11.4. The number of anilines is 1. The van der Waals surface area contributed by atoms with Gasteiger partial charge in [-0.2, -0.15) is 4.21 Å². The number of hydrogen-bond acceptors (Lipinski definition) is 5. The highest BCUT2D eigenvalue weighted by Gasteiger charge is 2.19. The molecule has 1 atom stereocenters. The van der Waals surface area contributed by atoms with Gasteiger partial charge in [-0.25, -0.2) is 0 Å². The van der Waals surface area contributed by atoms with Crippen LogP contribution in [0.3, 0.4) is 0 Å². The van der Waals surface area contributed by atoms with E-state index in [0.29, 0.717) is 5.75 Å². The maximum absolute atomic E-state index is 10.3. The monoisotopic (exact) mass is 277 g/mol. The molecule has 1 aliphatic rings. The van der Waals surface area contributed by atoms with E-state index >= 15 is 0 Å². The quantitative estimate of drug-likeness (QED) is 0.506. The normalized spacial score (nSPS) is 16.2. The zero-order valence-electron chi connectivity index (χ0n) is 8.37. The lowest BCUT2D eigenvalue weighted by molar-refractivity contribution is 0.328. The van der Waals surface area contributed by atoms with Gasteiger partial charge in [0.2, 0.25) is 0 Å². The molecule has 0 saturated carbocycles. The number of para-hydroxylation sites is 1. The third kappa shape index (κ3) is 3.14. The van der Waals surface area contributed by atoms with Gasteiger partial charge in [-0.3, -0.25) is 8.74 Å². The van der Waals surface area contributed by atoms with Crippen molar-refractivity contribution in [2.75, 3.05) is 22.5 Å². The van der Waals surface area contributed by atoms with Crippen LogP contribution in [0.15, 0.2) is 29.2 Å². The smallest absolute Gasteiger partial charge is 0.301 e. The molecule has 16 heavy (non-hydrogen) atoms. The molecule has 88 valence electrons. The van der Waals surface area contributed by atoms with Gasteiger partial charge in [0, 0.05) is 10.6 Å². The Bertz CT molecular complexity index is 388. The number of hydrogen-bond donors (Lipinski definition) is 1. The molecule has 1 N–H and O–H groups in total. The van der Waals surface area contributed by atoms with E-state index in [9.17, 15) is 4.21 Å². The van der Waals surface area contributed by atoms with Crippen molar-refractivity contribution >= 4 is 40.8 Å². The Morgan fingerprint density at radius 3 is 3.19 bits per heavy atom. The predicted octanol–water partition coefficient (Wildman–Crippen LogP) is 2.36. The molecule has 7 heteroatoms. The van der Waals surface area contributed by atoms with Gasteiger partial charge in [0.25, 0.3) is 0 Å². The van der Waals surface area contributed by atoms with Crippen molar-refractivity contribution < 1.29 is 12.9 Å². The second-order valence-corrected chi connectivity index (χ2v) is 5.76. The molecule has 2 rings (SSSR count). The van der Waals surface area contributed by atoms with E-state index in [0.717, 1.165) is 5.88 Å². The first-order valence-corrected chi connectivity index (χ1v) is 7.60. The van der Waals surface area contributed by atoms with Crippen LogP contribution in [0.2, 0.25) is 0 Å². The SMILES string of the molecule is O=S(O)OCCSN1CSc2ccccc21. The van der Waals surface area contributed by atoms with E-state index in [1.54, 1.807) is 23.7 Å². The number of benzene rings is 1. The minimum absolute atomic E-state index is 0.275. The number of thioether (sulfide) groups is 1. The van der Waals surface area contributed by atoms with Gasteiger partial charge in [-0.05, 0) is 24.1 Å². The summed E-state index contributed by atoms with van der Waals surface area (Å²) in [5.74, 6) is 1.58. The van der Waals surface area contributed by atoms with E-state index < -0.39 is 11.4 Å². The van der Waals surface area contributed by atoms with Crippen molar-refractivity contribution in [2.24, 2.45) is 0 Å². The van der Waals surface area contributed by atoms with E-state index in [1.165, 1.54) is 10.6 Å². The molecule has 0 amide bonds. The van der Waals surface area contributed by atoms with E-state index in [2.05, 4.69) is 20.6 Å². The largest absolute Gasteiger partial charge is 0.305 e. The highest BCUT2D eigenvalue weighted by Crippen LogP contribution is 2.41. The van der Waals surface area contributed by atoms with Crippen LogP contribution in [0.4, 0.5) is 5.69 Å². The molecule has 0 radical (unpaired) electrons. The Kier molecular flexibility index (Phi) is 4.54. The average Bonchev–Trinajstić information content (AvgIpc) is 2.68. The molecule has 0 bridgehead atoms. The summed E-state index contributed by atoms with van der Waals surface area (Å²) < 4.78 is 25.4. The molecule has 4 nitrogen and oxygen atoms in total. The van der Waals surface area contributed by atoms with Gasteiger partial charge >= 0.3 is 11.4 Å². The predicted molar refractivity (Wildman–Crippen MR) is 68.8 cm³/mol. The second-order valence-electron chi connectivity index (χ2n) is 2.99. The summed E-state index contributed by atoms with van der Waals surface area (Å²) in [6.45, 7) is 0.275. The van der Waals surface area contributed by atoms with Crippen molar-refractivity contribution in [1.29, 1.82) is 0 Å². The summed E-state index contributed by atoms with van der Waals surface area (Å²) >= 11 is 1.26. The number of rotatable bonds is 5. The van der Waals surface area contributed by atoms with Crippen LogP contribution in [0, 0.1) is 0 Å². The van der Waals surface area contributed by atoms with Gasteiger partial charge in [-0.1, -0.05) is 12.1 Å². The fourth-order valence-electron chi connectivity index (χ4n) is 1.34. The summed E-state index contributed by atoms with van der Waals surface area (Å²) in [5.41, 5.74) is 1.21. The minimum Gasteiger partial charge on any atom is -0.305 e. The fourth-order valence-corrected chi connectivity index (χ4v) is 3.76. The Hall–Kier alpha value is -0.210. The average molecular weight is 277 g/mol. The summed E-state index contributed by atoms with van der Waals surface area (Å²) in [6.07, 6.45) is 0.